The van der Waals surface area contributed by atoms with Gasteiger partial charge in [-0.05, 0) is 30.0 Å². The summed E-state index contributed by atoms with van der Waals surface area (Å²) in [5, 5.41) is 2.72. The van der Waals surface area contributed by atoms with Crippen LogP contribution in [0.2, 0.25) is 0 Å². The van der Waals surface area contributed by atoms with Crippen LogP contribution >= 0.6 is 7.60 Å². The van der Waals surface area contributed by atoms with Crippen LogP contribution in [0.5, 0.6) is 0 Å². The number of sulfone groups is 1. The Labute approximate surface area is 181 Å². The number of nitrogens with zero attached hydrogens (tertiary/aromatic N) is 2. The molecular weight excluding hydrogens is 441 g/mol. The maximum Gasteiger partial charge on any atom is 0.331 e. The molecule has 3 rings (SSSR count). The Morgan fingerprint density at radius 3 is 2.32 bits per heavy atom. The Bertz CT molecular complexity index is 1060. The van der Waals surface area contributed by atoms with Crippen molar-refractivity contribution in [1.29, 1.82) is 0 Å². The standard InChI is InChI=1S/C20H26N3O6PS/c1-31(28,29)17-8-6-15(7-9-17)18(10-14-4-2-3-5-14)20(24)23-19-12-21-16(11-22-19)13-30(25,26)27/h6-9,11-12,14,18H,2-5,10,13H2,1H3,(H,22,23,24)(H2,25,26,27). The minimum atomic E-state index is -4.25. The molecule has 0 aliphatic heterocycles. The van der Waals surface area contributed by atoms with Gasteiger partial charge in [0, 0.05) is 6.26 Å². The molecule has 1 aromatic heterocycles. The molecule has 31 heavy (non-hydrogen) atoms. The van der Waals surface area contributed by atoms with Crippen LogP contribution in [-0.4, -0.2) is 40.3 Å². The third-order valence-electron chi connectivity index (χ3n) is 5.40. The summed E-state index contributed by atoms with van der Waals surface area (Å²) in [5.74, 6) is -0.157. The van der Waals surface area contributed by atoms with Gasteiger partial charge in [-0.25, -0.2) is 13.4 Å². The highest BCUT2D eigenvalue weighted by atomic mass is 32.2. The zero-order valence-corrected chi connectivity index (χ0v) is 18.8. The molecule has 1 unspecified atom stereocenters. The Morgan fingerprint density at radius 2 is 1.81 bits per heavy atom. The van der Waals surface area contributed by atoms with E-state index in [2.05, 4.69) is 15.3 Å². The number of aromatic nitrogens is 2. The maximum atomic E-state index is 13.1. The first-order valence-corrected chi connectivity index (χ1v) is 13.7. The van der Waals surface area contributed by atoms with Gasteiger partial charge in [0.1, 0.15) is 0 Å². The molecule has 2 aromatic rings. The van der Waals surface area contributed by atoms with E-state index < -0.39 is 29.5 Å². The summed E-state index contributed by atoms with van der Waals surface area (Å²) in [6, 6.07) is 6.36. The van der Waals surface area contributed by atoms with Crippen LogP contribution in [-0.2, 0) is 25.4 Å². The first-order chi connectivity index (χ1) is 14.5. The van der Waals surface area contributed by atoms with Crippen LogP contribution in [0, 0.1) is 5.92 Å². The Morgan fingerprint density at radius 1 is 1.16 bits per heavy atom. The lowest BCUT2D eigenvalue weighted by Gasteiger charge is -2.20. The van der Waals surface area contributed by atoms with Gasteiger partial charge in [0.15, 0.2) is 15.7 Å². The molecule has 9 nitrogen and oxygen atoms in total. The third kappa shape index (κ3) is 6.93. The summed E-state index contributed by atoms with van der Waals surface area (Å²) in [6.07, 6.45) is 8.14. The van der Waals surface area contributed by atoms with Crippen molar-refractivity contribution in [1.82, 2.24) is 9.97 Å². The molecule has 1 atom stereocenters. The number of anilines is 1. The molecule has 0 saturated heterocycles. The SMILES string of the molecule is CS(=O)(=O)c1ccc(C(CC2CCCC2)C(=O)Nc2cnc(CP(=O)(O)O)cn2)cc1. The highest BCUT2D eigenvalue weighted by molar-refractivity contribution is 7.90. The minimum absolute atomic E-state index is 0.130. The zero-order chi connectivity index (χ0) is 22.6. The molecule has 1 fully saturated rings. The lowest BCUT2D eigenvalue weighted by Crippen LogP contribution is -2.24. The Balaban J connectivity index is 1.78. The van der Waals surface area contributed by atoms with E-state index in [1.165, 1.54) is 24.5 Å². The van der Waals surface area contributed by atoms with Crippen LogP contribution in [0.4, 0.5) is 5.82 Å². The molecule has 11 heteroatoms. The van der Waals surface area contributed by atoms with Gasteiger partial charge in [0.25, 0.3) is 0 Å². The van der Waals surface area contributed by atoms with Crippen molar-refractivity contribution in [3.63, 3.8) is 0 Å². The first kappa shape index (κ1) is 23.5. The van der Waals surface area contributed by atoms with E-state index in [-0.39, 0.29) is 22.3 Å². The smallest absolute Gasteiger partial charge is 0.324 e. The highest BCUT2D eigenvalue weighted by Gasteiger charge is 2.27. The van der Waals surface area contributed by atoms with Crippen molar-refractivity contribution < 1.29 is 27.6 Å². The second kappa shape index (κ2) is 9.56. The number of carbonyl (C=O) groups excluding carboxylic acids is 1. The van der Waals surface area contributed by atoms with E-state index in [0.717, 1.165) is 37.5 Å². The quantitative estimate of drug-likeness (QED) is 0.502. The zero-order valence-electron chi connectivity index (χ0n) is 17.1. The predicted octanol–water partition coefficient (Wildman–Crippen LogP) is 2.86. The fourth-order valence-corrected chi connectivity index (χ4v) is 5.06. The summed E-state index contributed by atoms with van der Waals surface area (Å²) >= 11 is 0. The van der Waals surface area contributed by atoms with Crippen LogP contribution < -0.4 is 5.32 Å². The van der Waals surface area contributed by atoms with E-state index >= 15 is 0 Å². The molecule has 1 aromatic carbocycles. The van der Waals surface area contributed by atoms with E-state index in [1.807, 2.05) is 0 Å². The second-order valence-electron chi connectivity index (χ2n) is 7.98. The average Bonchev–Trinajstić information content (AvgIpc) is 3.19. The van der Waals surface area contributed by atoms with Crippen LogP contribution in [0.25, 0.3) is 0 Å². The lowest BCUT2D eigenvalue weighted by atomic mass is 9.87. The molecule has 1 heterocycles. The highest BCUT2D eigenvalue weighted by Crippen LogP contribution is 2.38. The lowest BCUT2D eigenvalue weighted by molar-refractivity contribution is -0.118. The Kier molecular flexibility index (Phi) is 7.26. The van der Waals surface area contributed by atoms with Gasteiger partial charge in [-0.15, -0.1) is 0 Å². The van der Waals surface area contributed by atoms with E-state index in [9.17, 15) is 17.8 Å². The molecule has 0 bridgehead atoms. The first-order valence-electron chi connectivity index (χ1n) is 9.97. The number of amides is 1. The number of benzene rings is 1. The van der Waals surface area contributed by atoms with Gasteiger partial charge in [-0.2, -0.15) is 0 Å². The van der Waals surface area contributed by atoms with Crippen molar-refractivity contribution in [2.75, 3.05) is 11.6 Å². The number of nitrogens with one attached hydrogen (secondary N) is 1. The molecule has 1 aliphatic rings. The second-order valence-corrected chi connectivity index (χ2v) is 11.6. The number of carbonyl (C=O) groups is 1. The van der Waals surface area contributed by atoms with E-state index in [1.54, 1.807) is 12.1 Å². The number of hydrogen-bond acceptors (Lipinski definition) is 6. The fraction of sp³-hybridized carbons (Fsp3) is 0.450. The van der Waals surface area contributed by atoms with Gasteiger partial charge in [-0.3, -0.25) is 14.3 Å². The van der Waals surface area contributed by atoms with Crippen LogP contribution in [0.15, 0.2) is 41.6 Å². The maximum absolute atomic E-state index is 13.1. The summed E-state index contributed by atoms with van der Waals surface area (Å²) in [4.78, 5) is 39.3. The summed E-state index contributed by atoms with van der Waals surface area (Å²) in [7, 11) is -7.58. The number of rotatable bonds is 8. The summed E-state index contributed by atoms with van der Waals surface area (Å²) in [6.45, 7) is 0. The van der Waals surface area contributed by atoms with Crippen molar-refractivity contribution in [3.8, 4) is 0 Å². The van der Waals surface area contributed by atoms with Gasteiger partial charge >= 0.3 is 7.60 Å². The average molecular weight is 467 g/mol. The Hall–Kier alpha value is -2.13. The molecule has 1 amide bonds. The predicted molar refractivity (Wildman–Crippen MR) is 115 cm³/mol. The molecule has 168 valence electrons. The fourth-order valence-electron chi connectivity index (χ4n) is 3.85. The van der Waals surface area contributed by atoms with Crippen molar-refractivity contribution in [2.24, 2.45) is 5.92 Å². The van der Waals surface area contributed by atoms with Crippen molar-refractivity contribution >= 4 is 29.2 Å². The summed E-state index contributed by atoms with van der Waals surface area (Å²) in [5.41, 5.74) is 0.855. The molecule has 1 aliphatic carbocycles. The molecule has 0 spiro atoms. The topological polar surface area (TPSA) is 147 Å². The van der Waals surface area contributed by atoms with Crippen molar-refractivity contribution in [3.05, 3.63) is 47.9 Å². The van der Waals surface area contributed by atoms with Crippen LogP contribution in [0.1, 0.15) is 49.3 Å². The molecule has 1 saturated carbocycles. The van der Waals surface area contributed by atoms with E-state index in [4.69, 9.17) is 9.79 Å². The molecule has 3 N–H and O–H groups in total. The van der Waals surface area contributed by atoms with Gasteiger partial charge < -0.3 is 15.1 Å². The van der Waals surface area contributed by atoms with Gasteiger partial charge in [0.2, 0.25) is 5.91 Å². The normalized spacial score (nSPS) is 16.2. The van der Waals surface area contributed by atoms with Crippen molar-refractivity contribution in [2.45, 2.75) is 49.1 Å². The van der Waals surface area contributed by atoms with Gasteiger partial charge in [0.05, 0.1) is 35.1 Å². The number of hydrogen-bond donors (Lipinski definition) is 3. The molecular formula is C20H26N3O6PS. The third-order valence-corrected chi connectivity index (χ3v) is 7.26. The molecule has 0 radical (unpaired) electrons. The van der Waals surface area contributed by atoms with Crippen LogP contribution in [0.3, 0.4) is 0 Å². The monoisotopic (exact) mass is 467 g/mol. The minimum Gasteiger partial charge on any atom is -0.324 e. The van der Waals surface area contributed by atoms with E-state index in [0.29, 0.717) is 12.3 Å². The summed E-state index contributed by atoms with van der Waals surface area (Å²) < 4.78 is 34.6. The largest absolute Gasteiger partial charge is 0.331 e. The van der Waals surface area contributed by atoms with Gasteiger partial charge in [-0.1, -0.05) is 37.8 Å².